The van der Waals surface area contributed by atoms with Gasteiger partial charge >= 0.3 is 0 Å². The molecule has 0 aliphatic carbocycles. The lowest BCUT2D eigenvalue weighted by Crippen LogP contribution is -2.39. The topological polar surface area (TPSA) is 29.9 Å². The Kier molecular flexibility index (Phi) is 4.96. The highest BCUT2D eigenvalue weighted by Crippen LogP contribution is 2.31. The van der Waals surface area contributed by atoms with Crippen LogP contribution in [0.1, 0.15) is 31.4 Å². The molecule has 0 spiro atoms. The van der Waals surface area contributed by atoms with E-state index in [0.717, 1.165) is 25.9 Å². The van der Waals surface area contributed by atoms with E-state index in [1.165, 1.54) is 11.1 Å². The average molecular weight is 271 g/mol. The van der Waals surface area contributed by atoms with Crippen LogP contribution in [0.5, 0.6) is 0 Å². The molecule has 3 heteroatoms. The number of hydrogen-bond acceptors (Lipinski definition) is 2. The number of nitrogens with one attached hydrogen (secondary N) is 1. The molecule has 1 aromatic carbocycles. The van der Waals surface area contributed by atoms with E-state index in [4.69, 9.17) is 0 Å². The van der Waals surface area contributed by atoms with Crippen molar-refractivity contribution in [1.29, 1.82) is 0 Å². The highest BCUT2D eigenvalue weighted by atomic mass is 15.2. The lowest BCUT2D eigenvalue weighted by Gasteiger charge is -2.33. The molecular weight excluding hydrogens is 246 g/mol. The fraction of sp³-hybridized carbons (Fsp3) is 0.471. The Balaban J connectivity index is 2.31. The van der Waals surface area contributed by atoms with Gasteiger partial charge in [-0.2, -0.15) is 5.10 Å². The summed E-state index contributed by atoms with van der Waals surface area (Å²) in [7, 11) is 1.98. The molecule has 0 bridgehead atoms. The van der Waals surface area contributed by atoms with Gasteiger partial charge in [0.2, 0.25) is 0 Å². The lowest BCUT2D eigenvalue weighted by molar-refractivity contribution is 0.382. The Morgan fingerprint density at radius 2 is 1.95 bits per heavy atom. The van der Waals surface area contributed by atoms with Crippen molar-refractivity contribution in [3.8, 4) is 0 Å². The number of nitrogens with zero attached hydrogens (tertiary/aromatic N) is 2. The first-order valence-electron chi connectivity index (χ1n) is 7.44. The summed E-state index contributed by atoms with van der Waals surface area (Å²) in [5, 5.41) is 7.84. The molecule has 0 fully saturated rings. The van der Waals surface area contributed by atoms with Gasteiger partial charge in [-0.05, 0) is 30.5 Å². The predicted octanol–water partition coefficient (Wildman–Crippen LogP) is 2.92. The monoisotopic (exact) mass is 271 g/mol. The van der Waals surface area contributed by atoms with E-state index in [2.05, 4.69) is 60.8 Å². The molecule has 1 N–H and O–H groups in total. The maximum atomic E-state index is 4.31. The summed E-state index contributed by atoms with van der Waals surface area (Å²) in [6, 6.07) is 10.8. The number of benzene rings is 1. The molecule has 2 rings (SSSR count). The van der Waals surface area contributed by atoms with Crippen LogP contribution in [-0.4, -0.2) is 22.9 Å². The molecule has 0 saturated heterocycles. The Hall–Kier alpha value is -1.61. The van der Waals surface area contributed by atoms with Gasteiger partial charge in [-0.3, -0.25) is 4.68 Å². The molecule has 0 aliphatic heterocycles. The molecule has 2 aromatic rings. The summed E-state index contributed by atoms with van der Waals surface area (Å²) >= 11 is 0. The zero-order chi connectivity index (χ0) is 14.4. The minimum Gasteiger partial charge on any atom is -0.316 e. The maximum Gasteiger partial charge on any atom is 0.0521 e. The van der Waals surface area contributed by atoms with E-state index in [1.807, 2.05) is 17.9 Å². The summed E-state index contributed by atoms with van der Waals surface area (Å²) in [5.74, 6) is 0. The fourth-order valence-electron chi connectivity index (χ4n) is 2.83. The molecular formula is C17H25N3. The van der Waals surface area contributed by atoms with E-state index in [9.17, 15) is 0 Å². The van der Waals surface area contributed by atoms with Crippen molar-refractivity contribution < 1.29 is 0 Å². The summed E-state index contributed by atoms with van der Waals surface area (Å²) in [5.41, 5.74) is 2.85. The first-order chi connectivity index (χ1) is 9.70. The Bertz CT molecular complexity index is 518. The van der Waals surface area contributed by atoms with Gasteiger partial charge in [-0.1, -0.05) is 44.2 Å². The number of aromatic nitrogens is 2. The van der Waals surface area contributed by atoms with Gasteiger partial charge in [-0.15, -0.1) is 0 Å². The fourth-order valence-corrected chi connectivity index (χ4v) is 2.83. The van der Waals surface area contributed by atoms with E-state index in [0.29, 0.717) is 0 Å². The standard InChI is InChI=1S/C17H25N3/c1-4-17(14-18-5-2,16-9-7-6-8-10-16)11-15-12-19-20(3)13-15/h6-10,12-13,18H,4-5,11,14H2,1-3H3. The quantitative estimate of drug-likeness (QED) is 0.839. The number of hydrogen-bond donors (Lipinski definition) is 1. The molecule has 1 aromatic heterocycles. The second-order valence-corrected chi connectivity index (χ2v) is 5.48. The smallest absolute Gasteiger partial charge is 0.0521 e. The second kappa shape index (κ2) is 6.71. The van der Waals surface area contributed by atoms with E-state index in [1.54, 1.807) is 0 Å². The van der Waals surface area contributed by atoms with Crippen molar-refractivity contribution in [3.05, 3.63) is 53.9 Å². The summed E-state index contributed by atoms with van der Waals surface area (Å²) in [6.07, 6.45) is 6.24. The molecule has 108 valence electrons. The third kappa shape index (κ3) is 3.28. The normalized spacial score (nSPS) is 14.2. The van der Waals surface area contributed by atoms with Gasteiger partial charge in [0, 0.05) is 25.2 Å². The van der Waals surface area contributed by atoms with Crippen LogP contribution in [0.3, 0.4) is 0 Å². The van der Waals surface area contributed by atoms with Crippen LogP contribution in [0, 0.1) is 0 Å². The number of rotatable bonds is 7. The van der Waals surface area contributed by atoms with Gasteiger partial charge in [-0.25, -0.2) is 0 Å². The van der Waals surface area contributed by atoms with Crippen LogP contribution in [0.2, 0.25) is 0 Å². The molecule has 0 amide bonds. The van der Waals surface area contributed by atoms with Crippen molar-refractivity contribution in [2.75, 3.05) is 13.1 Å². The minimum atomic E-state index is 0.139. The van der Waals surface area contributed by atoms with Gasteiger partial charge in [0.1, 0.15) is 0 Å². The minimum absolute atomic E-state index is 0.139. The van der Waals surface area contributed by atoms with Crippen LogP contribution in [0.15, 0.2) is 42.7 Å². The zero-order valence-electron chi connectivity index (χ0n) is 12.8. The third-order valence-electron chi connectivity index (χ3n) is 4.08. The van der Waals surface area contributed by atoms with Crippen molar-refractivity contribution in [2.24, 2.45) is 7.05 Å². The molecule has 20 heavy (non-hydrogen) atoms. The first-order valence-corrected chi connectivity index (χ1v) is 7.44. The van der Waals surface area contributed by atoms with E-state index in [-0.39, 0.29) is 5.41 Å². The van der Waals surface area contributed by atoms with Crippen LogP contribution < -0.4 is 5.32 Å². The SMILES string of the molecule is CCNCC(CC)(Cc1cnn(C)c1)c1ccccc1. The van der Waals surface area contributed by atoms with E-state index < -0.39 is 0 Å². The van der Waals surface area contributed by atoms with Crippen molar-refractivity contribution in [1.82, 2.24) is 15.1 Å². The average Bonchev–Trinajstić information content (AvgIpc) is 2.89. The van der Waals surface area contributed by atoms with Crippen LogP contribution in [0.4, 0.5) is 0 Å². The Morgan fingerprint density at radius 3 is 2.50 bits per heavy atom. The highest BCUT2D eigenvalue weighted by Gasteiger charge is 2.30. The Morgan fingerprint density at radius 1 is 1.20 bits per heavy atom. The van der Waals surface area contributed by atoms with Crippen LogP contribution in [-0.2, 0) is 18.9 Å². The zero-order valence-corrected chi connectivity index (χ0v) is 12.8. The van der Waals surface area contributed by atoms with Gasteiger partial charge < -0.3 is 5.32 Å². The van der Waals surface area contributed by atoms with E-state index >= 15 is 0 Å². The van der Waals surface area contributed by atoms with Gasteiger partial charge in [0.25, 0.3) is 0 Å². The highest BCUT2D eigenvalue weighted by molar-refractivity contribution is 5.29. The molecule has 0 saturated carbocycles. The second-order valence-electron chi connectivity index (χ2n) is 5.48. The largest absolute Gasteiger partial charge is 0.316 e. The Labute approximate surface area is 122 Å². The molecule has 1 atom stereocenters. The summed E-state index contributed by atoms with van der Waals surface area (Å²) < 4.78 is 1.88. The summed E-state index contributed by atoms with van der Waals surface area (Å²) in [6.45, 7) is 6.44. The molecule has 1 unspecified atom stereocenters. The molecule has 3 nitrogen and oxygen atoms in total. The number of likely N-dealkylation sites (N-methyl/N-ethyl adjacent to an activating group) is 1. The maximum absolute atomic E-state index is 4.31. The van der Waals surface area contributed by atoms with Crippen LogP contribution >= 0.6 is 0 Å². The molecule has 0 radical (unpaired) electrons. The predicted molar refractivity (Wildman–Crippen MR) is 83.9 cm³/mol. The lowest BCUT2D eigenvalue weighted by atomic mass is 9.74. The number of aryl methyl sites for hydroxylation is 1. The van der Waals surface area contributed by atoms with Crippen molar-refractivity contribution >= 4 is 0 Å². The first kappa shape index (κ1) is 14.8. The van der Waals surface area contributed by atoms with Gasteiger partial charge in [0.15, 0.2) is 0 Å². The van der Waals surface area contributed by atoms with Crippen LogP contribution in [0.25, 0.3) is 0 Å². The van der Waals surface area contributed by atoms with Gasteiger partial charge in [0.05, 0.1) is 6.20 Å². The van der Waals surface area contributed by atoms with Crippen molar-refractivity contribution in [3.63, 3.8) is 0 Å². The van der Waals surface area contributed by atoms with Crippen molar-refractivity contribution in [2.45, 2.75) is 32.1 Å². The third-order valence-corrected chi connectivity index (χ3v) is 4.08. The molecule has 1 heterocycles. The summed E-state index contributed by atoms with van der Waals surface area (Å²) in [4.78, 5) is 0. The molecule has 0 aliphatic rings.